The predicted octanol–water partition coefficient (Wildman–Crippen LogP) is 1.31. The smallest absolute Gasteiger partial charge is 0.220 e. The highest BCUT2D eigenvalue weighted by molar-refractivity contribution is 5.77. The third-order valence-corrected chi connectivity index (χ3v) is 3.53. The van der Waals surface area contributed by atoms with Crippen molar-refractivity contribution >= 4 is 5.91 Å². The van der Waals surface area contributed by atoms with E-state index in [1.54, 1.807) is 0 Å². The number of rotatable bonds is 0. The number of amides is 1. The molecule has 0 unspecified atom stereocenters. The molecule has 0 spiro atoms. The Labute approximate surface area is 67.4 Å². The van der Waals surface area contributed by atoms with Crippen molar-refractivity contribution in [1.29, 1.82) is 0 Å². The molecule has 0 radical (unpaired) electrons. The number of fused-ring (bicyclic) bond motifs is 3. The van der Waals surface area contributed by atoms with E-state index in [1.807, 2.05) is 0 Å². The molecule has 2 heteroatoms. The van der Waals surface area contributed by atoms with E-state index in [2.05, 4.69) is 19.2 Å². The molecule has 3 fully saturated rings. The van der Waals surface area contributed by atoms with Crippen LogP contribution in [0.1, 0.15) is 33.1 Å². The van der Waals surface area contributed by atoms with Crippen molar-refractivity contribution < 1.29 is 4.79 Å². The molecule has 3 rings (SSSR count). The Morgan fingerprint density at radius 1 is 1.55 bits per heavy atom. The lowest BCUT2D eigenvalue weighted by atomic mass is 9.58. The maximum absolute atomic E-state index is 11.1. The van der Waals surface area contributed by atoms with Gasteiger partial charge in [-0.25, -0.2) is 0 Å². The molecular weight excluding hydrogens is 138 g/mol. The lowest BCUT2D eigenvalue weighted by molar-refractivity contribution is -0.122. The maximum atomic E-state index is 11.1. The molecule has 0 aromatic carbocycles. The van der Waals surface area contributed by atoms with E-state index in [0.717, 1.165) is 18.8 Å². The lowest BCUT2D eigenvalue weighted by Crippen LogP contribution is -2.55. The minimum absolute atomic E-state index is 0.253. The molecule has 1 amide bonds. The zero-order chi connectivity index (χ0) is 8.06. The number of hydrogen-bond acceptors (Lipinski definition) is 1. The van der Waals surface area contributed by atoms with Crippen LogP contribution in [0.25, 0.3) is 0 Å². The molecule has 2 atom stereocenters. The summed E-state index contributed by atoms with van der Waals surface area (Å²) in [6.07, 6.45) is 3.04. The van der Waals surface area contributed by atoms with Gasteiger partial charge in [-0.3, -0.25) is 4.79 Å². The summed E-state index contributed by atoms with van der Waals surface area (Å²) in [6, 6.07) is 0.461. The van der Waals surface area contributed by atoms with Crippen molar-refractivity contribution in [3.05, 3.63) is 0 Å². The van der Waals surface area contributed by atoms with Gasteiger partial charge in [0, 0.05) is 12.5 Å². The topological polar surface area (TPSA) is 29.1 Å². The van der Waals surface area contributed by atoms with Gasteiger partial charge in [0.1, 0.15) is 0 Å². The first-order chi connectivity index (χ1) is 5.10. The Morgan fingerprint density at radius 2 is 2.27 bits per heavy atom. The second kappa shape index (κ2) is 1.99. The van der Waals surface area contributed by atoms with Crippen molar-refractivity contribution in [2.24, 2.45) is 11.3 Å². The summed E-state index contributed by atoms with van der Waals surface area (Å²) in [7, 11) is 0. The van der Waals surface area contributed by atoms with Crippen molar-refractivity contribution in [2.45, 2.75) is 39.2 Å². The third kappa shape index (κ3) is 0.883. The van der Waals surface area contributed by atoms with E-state index in [-0.39, 0.29) is 5.91 Å². The standard InChI is InChI=1S/C9H15NO/c1-9(2)6-3-4-8(11)10-7(9)5-6/h6-7H,3-5H2,1-2H3,(H,10,11)/t6-,7+/m0/s1. The minimum atomic E-state index is 0.253. The molecule has 2 heterocycles. The van der Waals surface area contributed by atoms with Crippen LogP contribution in [0.3, 0.4) is 0 Å². The average Bonchev–Trinajstić information content (AvgIpc) is 2.17. The van der Waals surface area contributed by atoms with Crippen LogP contribution in [-0.2, 0) is 4.79 Å². The van der Waals surface area contributed by atoms with Gasteiger partial charge in [0.25, 0.3) is 0 Å². The largest absolute Gasteiger partial charge is 0.353 e. The summed E-state index contributed by atoms with van der Waals surface area (Å²) in [5.74, 6) is 1.04. The van der Waals surface area contributed by atoms with Crippen molar-refractivity contribution in [1.82, 2.24) is 5.32 Å². The molecule has 11 heavy (non-hydrogen) atoms. The fourth-order valence-corrected chi connectivity index (χ4v) is 2.32. The summed E-state index contributed by atoms with van der Waals surface area (Å²) in [5, 5.41) is 3.06. The number of nitrogens with one attached hydrogen (secondary N) is 1. The quantitative estimate of drug-likeness (QED) is 0.558. The molecule has 0 aromatic rings. The van der Waals surface area contributed by atoms with Gasteiger partial charge < -0.3 is 5.32 Å². The zero-order valence-corrected chi connectivity index (χ0v) is 7.18. The van der Waals surface area contributed by atoms with Gasteiger partial charge >= 0.3 is 0 Å². The number of hydrogen-bond donors (Lipinski definition) is 1. The molecule has 2 bridgehead atoms. The molecule has 1 saturated carbocycles. The van der Waals surface area contributed by atoms with Crippen molar-refractivity contribution in [3.63, 3.8) is 0 Å². The summed E-state index contributed by atoms with van der Waals surface area (Å²) in [5.41, 5.74) is 0.367. The Kier molecular flexibility index (Phi) is 1.29. The molecule has 1 aliphatic carbocycles. The molecule has 2 aliphatic heterocycles. The first-order valence-corrected chi connectivity index (χ1v) is 4.40. The molecule has 2 nitrogen and oxygen atoms in total. The highest BCUT2D eigenvalue weighted by atomic mass is 16.1. The molecule has 1 N–H and O–H groups in total. The summed E-state index contributed by atoms with van der Waals surface area (Å²) >= 11 is 0. The fraction of sp³-hybridized carbons (Fsp3) is 0.889. The van der Waals surface area contributed by atoms with Crippen molar-refractivity contribution in [2.75, 3.05) is 0 Å². The molecule has 2 saturated heterocycles. The van der Waals surface area contributed by atoms with Crippen LogP contribution >= 0.6 is 0 Å². The van der Waals surface area contributed by atoms with Gasteiger partial charge in [-0.05, 0) is 24.2 Å². The van der Waals surface area contributed by atoms with Gasteiger partial charge in [0.15, 0.2) is 0 Å². The van der Waals surface area contributed by atoms with Crippen LogP contribution in [0.15, 0.2) is 0 Å². The van der Waals surface area contributed by atoms with Gasteiger partial charge in [0.2, 0.25) is 5.91 Å². The van der Waals surface area contributed by atoms with Gasteiger partial charge in [-0.1, -0.05) is 13.8 Å². The first kappa shape index (κ1) is 7.14. The van der Waals surface area contributed by atoms with Crippen molar-refractivity contribution in [3.8, 4) is 0 Å². The van der Waals surface area contributed by atoms with E-state index in [4.69, 9.17) is 0 Å². The fourth-order valence-electron chi connectivity index (χ4n) is 2.32. The van der Waals surface area contributed by atoms with E-state index >= 15 is 0 Å². The molecule has 62 valence electrons. The summed E-state index contributed by atoms with van der Waals surface area (Å²) < 4.78 is 0. The SMILES string of the molecule is CC1(C)[C@H]2CCC(=O)N[C@@H]1C2. The van der Waals surface area contributed by atoms with E-state index < -0.39 is 0 Å². The van der Waals surface area contributed by atoms with Gasteiger partial charge in [-0.2, -0.15) is 0 Å². The summed E-state index contributed by atoms with van der Waals surface area (Å²) in [4.78, 5) is 11.1. The predicted molar refractivity (Wildman–Crippen MR) is 43.1 cm³/mol. The Morgan fingerprint density at radius 3 is 2.91 bits per heavy atom. The van der Waals surface area contributed by atoms with Crippen LogP contribution in [0.5, 0.6) is 0 Å². The van der Waals surface area contributed by atoms with Crippen LogP contribution in [0.4, 0.5) is 0 Å². The lowest BCUT2D eigenvalue weighted by Gasteiger charge is -2.50. The normalized spacial score (nSPS) is 40.4. The first-order valence-electron chi connectivity index (χ1n) is 4.40. The average molecular weight is 153 g/mol. The Bertz CT molecular complexity index is 198. The van der Waals surface area contributed by atoms with Gasteiger partial charge in [0.05, 0.1) is 0 Å². The highest BCUT2D eigenvalue weighted by Gasteiger charge is 2.49. The molecule has 3 aliphatic rings. The Balaban J connectivity index is 2.17. The van der Waals surface area contributed by atoms with Crippen LogP contribution in [0.2, 0.25) is 0 Å². The van der Waals surface area contributed by atoms with E-state index in [1.165, 1.54) is 6.42 Å². The van der Waals surface area contributed by atoms with Crippen LogP contribution in [-0.4, -0.2) is 11.9 Å². The van der Waals surface area contributed by atoms with E-state index in [0.29, 0.717) is 11.5 Å². The summed E-state index contributed by atoms with van der Waals surface area (Å²) in [6.45, 7) is 4.52. The van der Waals surface area contributed by atoms with Gasteiger partial charge in [-0.15, -0.1) is 0 Å². The van der Waals surface area contributed by atoms with Crippen LogP contribution < -0.4 is 5.32 Å². The number of carbonyl (C=O) groups is 1. The Hall–Kier alpha value is -0.530. The second-order valence-corrected chi connectivity index (χ2v) is 4.41. The highest BCUT2D eigenvalue weighted by Crippen LogP contribution is 2.49. The number of carbonyl (C=O) groups excluding carboxylic acids is 1. The monoisotopic (exact) mass is 153 g/mol. The second-order valence-electron chi connectivity index (χ2n) is 4.41. The minimum Gasteiger partial charge on any atom is -0.353 e. The molecule has 0 aromatic heterocycles. The third-order valence-electron chi connectivity index (χ3n) is 3.53. The van der Waals surface area contributed by atoms with Crippen LogP contribution in [0, 0.1) is 11.3 Å². The molecular formula is C9H15NO. The maximum Gasteiger partial charge on any atom is 0.220 e. The zero-order valence-electron chi connectivity index (χ0n) is 7.18. The van der Waals surface area contributed by atoms with E-state index in [9.17, 15) is 4.79 Å².